The maximum Gasteiger partial charge on any atom is 0.192 e. The van der Waals surface area contributed by atoms with E-state index in [9.17, 15) is 0 Å². The molecule has 3 rings (SSSR count). The van der Waals surface area contributed by atoms with E-state index in [1.165, 1.54) is 4.88 Å². The summed E-state index contributed by atoms with van der Waals surface area (Å²) < 4.78 is 2.18. The van der Waals surface area contributed by atoms with E-state index in [1.807, 2.05) is 18.2 Å². The van der Waals surface area contributed by atoms with Crippen molar-refractivity contribution >= 4 is 46.3 Å². The Morgan fingerprint density at radius 2 is 1.96 bits per heavy atom. The smallest absolute Gasteiger partial charge is 0.192 e. The van der Waals surface area contributed by atoms with Crippen LogP contribution in [0.15, 0.2) is 34.8 Å². The van der Waals surface area contributed by atoms with Gasteiger partial charge in [-0.05, 0) is 44.5 Å². The fourth-order valence-electron chi connectivity index (χ4n) is 2.38. The van der Waals surface area contributed by atoms with Crippen LogP contribution in [0.3, 0.4) is 0 Å². The molecule has 2 aromatic heterocycles. The van der Waals surface area contributed by atoms with Crippen molar-refractivity contribution in [3.63, 3.8) is 0 Å². The summed E-state index contributed by atoms with van der Waals surface area (Å²) in [6.45, 7) is 6.40. The number of thiophene rings is 1. The highest BCUT2D eigenvalue weighted by Gasteiger charge is 2.17. The minimum absolute atomic E-state index is 0.284. The minimum atomic E-state index is 0.284. The van der Waals surface area contributed by atoms with Crippen LogP contribution in [0.25, 0.3) is 11.4 Å². The standard InChI is InChI=1S/C17H17Cl2N3S2/c1-10(2)22-16(13-6-11(3)23-9-13)20-21-17(22)24-8-12-4-5-14(18)15(19)7-12/h4-7,9-10H,8H2,1-3H3. The van der Waals surface area contributed by atoms with Gasteiger partial charge in [0.1, 0.15) is 0 Å². The van der Waals surface area contributed by atoms with E-state index >= 15 is 0 Å². The number of rotatable bonds is 5. The molecule has 24 heavy (non-hydrogen) atoms. The quantitative estimate of drug-likeness (QED) is 0.460. The molecule has 0 aliphatic heterocycles. The van der Waals surface area contributed by atoms with Crippen LogP contribution in [0.4, 0.5) is 0 Å². The van der Waals surface area contributed by atoms with Crippen LogP contribution in [0, 0.1) is 6.92 Å². The molecule has 3 aromatic rings. The topological polar surface area (TPSA) is 30.7 Å². The van der Waals surface area contributed by atoms with Gasteiger partial charge in [-0.1, -0.05) is 41.0 Å². The summed E-state index contributed by atoms with van der Waals surface area (Å²) in [5.41, 5.74) is 2.24. The van der Waals surface area contributed by atoms with E-state index in [1.54, 1.807) is 23.1 Å². The lowest BCUT2D eigenvalue weighted by molar-refractivity contribution is 0.555. The predicted octanol–water partition coefficient (Wildman–Crippen LogP) is 6.50. The molecule has 2 heterocycles. The molecule has 0 saturated carbocycles. The first kappa shape index (κ1) is 17.8. The highest BCUT2D eigenvalue weighted by molar-refractivity contribution is 7.98. The summed E-state index contributed by atoms with van der Waals surface area (Å²) >= 11 is 15.4. The van der Waals surface area contributed by atoms with Crippen LogP contribution >= 0.6 is 46.3 Å². The van der Waals surface area contributed by atoms with Crippen molar-refractivity contribution in [1.82, 2.24) is 14.8 Å². The number of thioether (sulfide) groups is 1. The fourth-order valence-corrected chi connectivity index (χ4v) is 4.39. The molecule has 7 heteroatoms. The first-order chi connectivity index (χ1) is 11.5. The third-order valence-electron chi connectivity index (χ3n) is 3.52. The van der Waals surface area contributed by atoms with Crippen LogP contribution < -0.4 is 0 Å². The van der Waals surface area contributed by atoms with Crippen molar-refractivity contribution in [1.29, 1.82) is 0 Å². The predicted molar refractivity (Wildman–Crippen MR) is 104 cm³/mol. The van der Waals surface area contributed by atoms with Crippen LogP contribution in [0.5, 0.6) is 0 Å². The van der Waals surface area contributed by atoms with E-state index in [-0.39, 0.29) is 6.04 Å². The van der Waals surface area contributed by atoms with Gasteiger partial charge >= 0.3 is 0 Å². The second-order valence-corrected chi connectivity index (χ2v) is 8.63. The van der Waals surface area contributed by atoms with Crippen molar-refractivity contribution < 1.29 is 0 Å². The molecule has 0 aliphatic rings. The van der Waals surface area contributed by atoms with E-state index in [4.69, 9.17) is 23.2 Å². The molecule has 126 valence electrons. The average Bonchev–Trinajstić information content (AvgIpc) is 3.14. The van der Waals surface area contributed by atoms with Gasteiger partial charge < -0.3 is 0 Å². The molecule has 0 fully saturated rings. The zero-order chi connectivity index (χ0) is 17.3. The Bertz CT molecular complexity index is 855. The molecule has 0 unspecified atom stereocenters. The summed E-state index contributed by atoms with van der Waals surface area (Å²) in [6.07, 6.45) is 0. The minimum Gasteiger partial charge on any atom is -0.299 e. The largest absolute Gasteiger partial charge is 0.299 e. The summed E-state index contributed by atoms with van der Waals surface area (Å²) in [5, 5.41) is 13.0. The Balaban J connectivity index is 1.85. The van der Waals surface area contributed by atoms with Crippen molar-refractivity contribution in [3.8, 4) is 11.4 Å². The van der Waals surface area contributed by atoms with Gasteiger partial charge in [0.05, 0.1) is 10.0 Å². The monoisotopic (exact) mass is 397 g/mol. The number of hydrogen-bond donors (Lipinski definition) is 0. The van der Waals surface area contributed by atoms with Gasteiger partial charge in [-0.25, -0.2) is 0 Å². The molecule has 0 radical (unpaired) electrons. The lowest BCUT2D eigenvalue weighted by Crippen LogP contribution is -2.04. The molecular weight excluding hydrogens is 381 g/mol. The van der Waals surface area contributed by atoms with Gasteiger partial charge in [0.15, 0.2) is 11.0 Å². The van der Waals surface area contributed by atoms with Crippen LogP contribution in [-0.2, 0) is 5.75 Å². The van der Waals surface area contributed by atoms with Crippen molar-refractivity contribution in [2.24, 2.45) is 0 Å². The number of halogens is 2. The maximum atomic E-state index is 6.09. The normalized spacial score (nSPS) is 11.4. The van der Waals surface area contributed by atoms with Crippen LogP contribution in [0.1, 0.15) is 30.3 Å². The summed E-state index contributed by atoms with van der Waals surface area (Å²) in [5.74, 6) is 1.69. The highest BCUT2D eigenvalue weighted by atomic mass is 35.5. The summed E-state index contributed by atoms with van der Waals surface area (Å²) in [6, 6.07) is 8.15. The number of aryl methyl sites for hydroxylation is 1. The third-order valence-corrected chi connectivity index (χ3v) is 6.14. The van der Waals surface area contributed by atoms with Gasteiger partial charge in [0, 0.05) is 27.6 Å². The SMILES string of the molecule is Cc1cc(-c2nnc(SCc3ccc(Cl)c(Cl)c3)n2C(C)C)cs1. The van der Waals surface area contributed by atoms with Gasteiger partial charge in [-0.2, -0.15) is 0 Å². The number of benzene rings is 1. The van der Waals surface area contributed by atoms with Gasteiger partial charge in [0.25, 0.3) is 0 Å². The molecule has 0 bridgehead atoms. The molecule has 0 spiro atoms. The molecular formula is C17H17Cl2N3S2. The van der Waals surface area contributed by atoms with Crippen molar-refractivity contribution in [2.75, 3.05) is 0 Å². The molecule has 0 N–H and O–H groups in total. The molecule has 3 nitrogen and oxygen atoms in total. The Hall–Kier alpha value is -1.01. The fraction of sp³-hybridized carbons (Fsp3) is 0.294. The van der Waals surface area contributed by atoms with E-state index in [0.29, 0.717) is 10.0 Å². The lowest BCUT2D eigenvalue weighted by Gasteiger charge is -2.13. The zero-order valence-electron chi connectivity index (χ0n) is 13.6. The average molecular weight is 398 g/mol. The summed E-state index contributed by atoms with van der Waals surface area (Å²) in [7, 11) is 0. The Labute approximate surface area is 160 Å². The Kier molecular flexibility index (Phi) is 5.55. The molecule has 0 saturated heterocycles. The van der Waals surface area contributed by atoms with Crippen LogP contribution in [-0.4, -0.2) is 14.8 Å². The van der Waals surface area contributed by atoms with Gasteiger partial charge in [-0.15, -0.1) is 21.5 Å². The number of nitrogens with zero attached hydrogens (tertiary/aromatic N) is 3. The van der Waals surface area contributed by atoms with Gasteiger partial charge in [-0.3, -0.25) is 4.57 Å². The number of hydrogen-bond acceptors (Lipinski definition) is 4. The van der Waals surface area contributed by atoms with E-state index < -0.39 is 0 Å². The lowest BCUT2D eigenvalue weighted by atomic mass is 10.2. The summed E-state index contributed by atoms with van der Waals surface area (Å²) in [4.78, 5) is 1.27. The molecule has 0 atom stereocenters. The second-order valence-electron chi connectivity index (χ2n) is 5.75. The highest BCUT2D eigenvalue weighted by Crippen LogP contribution is 2.32. The second kappa shape index (κ2) is 7.48. The first-order valence-electron chi connectivity index (χ1n) is 7.53. The van der Waals surface area contributed by atoms with E-state index in [0.717, 1.165) is 27.9 Å². The first-order valence-corrected chi connectivity index (χ1v) is 10.1. The molecule has 1 aromatic carbocycles. The number of aromatic nitrogens is 3. The Morgan fingerprint density at radius 3 is 2.58 bits per heavy atom. The van der Waals surface area contributed by atoms with Gasteiger partial charge in [0.2, 0.25) is 0 Å². The Morgan fingerprint density at radius 1 is 1.17 bits per heavy atom. The van der Waals surface area contributed by atoms with E-state index in [2.05, 4.69) is 47.0 Å². The molecule has 0 amide bonds. The maximum absolute atomic E-state index is 6.09. The third kappa shape index (κ3) is 3.80. The van der Waals surface area contributed by atoms with Crippen molar-refractivity contribution in [3.05, 3.63) is 50.1 Å². The van der Waals surface area contributed by atoms with Crippen LogP contribution in [0.2, 0.25) is 10.0 Å². The van der Waals surface area contributed by atoms with Crippen molar-refractivity contribution in [2.45, 2.75) is 37.7 Å². The molecule has 0 aliphatic carbocycles. The zero-order valence-corrected chi connectivity index (χ0v) is 16.7.